The van der Waals surface area contributed by atoms with E-state index >= 15 is 0 Å². The van der Waals surface area contributed by atoms with Gasteiger partial charge in [-0.1, -0.05) is 6.07 Å². The first-order chi connectivity index (χ1) is 8.22. The van der Waals surface area contributed by atoms with Crippen LogP contribution in [0.15, 0.2) is 36.0 Å². The fourth-order valence-electron chi connectivity index (χ4n) is 1.98. The number of benzene rings is 1. The Morgan fingerprint density at radius 1 is 1.18 bits per heavy atom. The number of aromatic nitrogens is 1. The summed E-state index contributed by atoms with van der Waals surface area (Å²) >= 11 is 0. The number of nitrogens with one attached hydrogen (secondary N) is 2. The number of carbonyl (C=O) groups is 2. The minimum absolute atomic E-state index is 0.171. The minimum atomic E-state index is -0.288. The molecule has 0 aliphatic carbocycles. The van der Waals surface area contributed by atoms with Crippen molar-refractivity contribution in [2.45, 2.75) is 6.42 Å². The lowest BCUT2D eigenvalue weighted by molar-refractivity contribution is -0.124. The predicted octanol–water partition coefficient (Wildman–Crippen LogP) is 1.60. The highest BCUT2D eigenvalue weighted by atomic mass is 16.2. The summed E-state index contributed by atoms with van der Waals surface area (Å²) in [6, 6.07) is 7.82. The molecule has 3 rings (SSSR count). The van der Waals surface area contributed by atoms with Gasteiger partial charge < -0.3 is 4.98 Å². The quantitative estimate of drug-likeness (QED) is 0.573. The number of rotatable bonds is 1. The van der Waals surface area contributed by atoms with Gasteiger partial charge in [0.15, 0.2) is 0 Å². The molecule has 0 atom stereocenters. The maximum Gasteiger partial charge on any atom is 0.254 e. The molecule has 1 fully saturated rings. The van der Waals surface area contributed by atoms with Gasteiger partial charge in [-0.05, 0) is 35.2 Å². The molecule has 1 aromatic carbocycles. The first kappa shape index (κ1) is 9.84. The van der Waals surface area contributed by atoms with Gasteiger partial charge in [0, 0.05) is 17.3 Å². The molecule has 0 saturated carbocycles. The summed E-state index contributed by atoms with van der Waals surface area (Å²) in [6.45, 7) is 0. The van der Waals surface area contributed by atoms with Gasteiger partial charge >= 0.3 is 0 Å². The number of carbonyl (C=O) groups excluding carboxylic acids is 2. The van der Waals surface area contributed by atoms with E-state index in [0.29, 0.717) is 5.57 Å². The van der Waals surface area contributed by atoms with Crippen LogP contribution in [0.3, 0.4) is 0 Å². The number of H-pyrrole nitrogens is 1. The summed E-state index contributed by atoms with van der Waals surface area (Å²) in [5.74, 6) is -0.520. The average Bonchev–Trinajstić information content (AvgIpc) is 2.85. The van der Waals surface area contributed by atoms with E-state index in [2.05, 4.69) is 10.3 Å². The van der Waals surface area contributed by atoms with E-state index < -0.39 is 0 Å². The van der Waals surface area contributed by atoms with E-state index in [9.17, 15) is 9.59 Å². The zero-order valence-corrected chi connectivity index (χ0v) is 8.99. The van der Waals surface area contributed by atoms with E-state index in [-0.39, 0.29) is 18.2 Å². The monoisotopic (exact) mass is 226 g/mol. The van der Waals surface area contributed by atoms with Gasteiger partial charge in [-0.25, -0.2) is 0 Å². The van der Waals surface area contributed by atoms with Gasteiger partial charge in [0.25, 0.3) is 5.91 Å². The standard InChI is InChI=1S/C13H10N2O2/c16-12-7-10(13(17)15-12)6-8-1-2-11-9(5-8)3-4-14-11/h1-6,14H,7H2,(H,15,16,17). The third-order valence-corrected chi connectivity index (χ3v) is 2.81. The van der Waals surface area contributed by atoms with Crippen LogP contribution in [-0.4, -0.2) is 16.8 Å². The first-order valence-electron chi connectivity index (χ1n) is 5.34. The van der Waals surface area contributed by atoms with Crippen LogP contribution in [0.2, 0.25) is 0 Å². The molecule has 1 aromatic heterocycles. The highest BCUT2D eigenvalue weighted by Gasteiger charge is 2.23. The van der Waals surface area contributed by atoms with Crippen LogP contribution in [0.4, 0.5) is 0 Å². The minimum Gasteiger partial charge on any atom is -0.361 e. The van der Waals surface area contributed by atoms with Crippen LogP contribution in [0.25, 0.3) is 17.0 Å². The van der Waals surface area contributed by atoms with Crippen molar-refractivity contribution in [2.24, 2.45) is 0 Å². The Morgan fingerprint density at radius 2 is 2.06 bits per heavy atom. The molecule has 2 amide bonds. The number of imide groups is 1. The van der Waals surface area contributed by atoms with Crippen molar-refractivity contribution in [3.8, 4) is 0 Å². The molecule has 0 unspecified atom stereocenters. The molecule has 2 heterocycles. The highest BCUT2D eigenvalue weighted by molar-refractivity contribution is 6.15. The molecule has 2 aromatic rings. The van der Waals surface area contributed by atoms with Crippen molar-refractivity contribution in [1.29, 1.82) is 0 Å². The van der Waals surface area contributed by atoms with E-state index in [1.54, 1.807) is 6.08 Å². The molecule has 2 N–H and O–H groups in total. The largest absolute Gasteiger partial charge is 0.361 e. The summed E-state index contributed by atoms with van der Waals surface area (Å²) in [7, 11) is 0. The highest BCUT2D eigenvalue weighted by Crippen LogP contribution is 2.19. The normalized spacial score (nSPS) is 18.0. The SMILES string of the molecule is O=C1CC(=Cc2ccc3[nH]ccc3c2)C(=O)N1. The molecule has 1 saturated heterocycles. The van der Waals surface area contributed by atoms with E-state index in [1.807, 2.05) is 30.5 Å². The maximum atomic E-state index is 11.4. The smallest absolute Gasteiger partial charge is 0.254 e. The van der Waals surface area contributed by atoms with Crippen LogP contribution in [0.1, 0.15) is 12.0 Å². The van der Waals surface area contributed by atoms with Crippen molar-refractivity contribution in [3.05, 3.63) is 41.6 Å². The van der Waals surface area contributed by atoms with Crippen molar-refractivity contribution in [2.75, 3.05) is 0 Å². The van der Waals surface area contributed by atoms with Gasteiger partial charge in [-0.2, -0.15) is 0 Å². The third kappa shape index (κ3) is 1.73. The second kappa shape index (κ2) is 3.59. The van der Waals surface area contributed by atoms with Crippen LogP contribution in [0, 0.1) is 0 Å². The summed E-state index contributed by atoms with van der Waals surface area (Å²) in [4.78, 5) is 25.5. The lowest BCUT2D eigenvalue weighted by Crippen LogP contribution is -2.19. The van der Waals surface area contributed by atoms with Gasteiger partial charge in [0.1, 0.15) is 0 Å². The summed E-state index contributed by atoms with van der Waals surface area (Å²) < 4.78 is 0. The average molecular weight is 226 g/mol. The molecule has 0 spiro atoms. The molecule has 0 radical (unpaired) electrons. The van der Waals surface area contributed by atoms with E-state index in [1.165, 1.54) is 0 Å². The zero-order chi connectivity index (χ0) is 11.8. The van der Waals surface area contributed by atoms with Crippen LogP contribution in [0.5, 0.6) is 0 Å². The Bertz CT molecular complexity index is 652. The van der Waals surface area contributed by atoms with Crippen LogP contribution >= 0.6 is 0 Å². The van der Waals surface area contributed by atoms with Crippen LogP contribution < -0.4 is 5.32 Å². The number of hydrogen-bond acceptors (Lipinski definition) is 2. The molecular formula is C13H10N2O2. The van der Waals surface area contributed by atoms with Crippen molar-refractivity contribution >= 4 is 28.8 Å². The van der Waals surface area contributed by atoms with Crippen molar-refractivity contribution in [3.63, 3.8) is 0 Å². The molecule has 84 valence electrons. The topological polar surface area (TPSA) is 62.0 Å². The van der Waals surface area contributed by atoms with E-state index in [0.717, 1.165) is 16.5 Å². The Kier molecular flexibility index (Phi) is 2.08. The molecule has 4 heteroatoms. The maximum absolute atomic E-state index is 11.4. The molecule has 1 aliphatic heterocycles. The summed E-state index contributed by atoms with van der Waals surface area (Å²) in [5.41, 5.74) is 2.50. The molecule has 1 aliphatic rings. The third-order valence-electron chi connectivity index (χ3n) is 2.81. The Morgan fingerprint density at radius 3 is 2.82 bits per heavy atom. The Hall–Kier alpha value is -2.36. The Labute approximate surface area is 97.3 Å². The number of amides is 2. The lowest BCUT2D eigenvalue weighted by Gasteiger charge is -1.96. The summed E-state index contributed by atoms with van der Waals surface area (Å²) in [6.07, 6.45) is 3.80. The zero-order valence-electron chi connectivity index (χ0n) is 8.99. The number of fused-ring (bicyclic) bond motifs is 1. The van der Waals surface area contributed by atoms with Gasteiger partial charge in [0.05, 0.1) is 6.42 Å². The van der Waals surface area contributed by atoms with E-state index in [4.69, 9.17) is 0 Å². The fourth-order valence-corrected chi connectivity index (χ4v) is 1.98. The van der Waals surface area contributed by atoms with Crippen molar-refractivity contribution < 1.29 is 9.59 Å². The second-order valence-corrected chi connectivity index (χ2v) is 4.05. The molecule has 4 nitrogen and oxygen atoms in total. The Balaban J connectivity index is 2.01. The van der Waals surface area contributed by atoms with Gasteiger partial charge in [-0.15, -0.1) is 0 Å². The number of hydrogen-bond donors (Lipinski definition) is 2. The lowest BCUT2D eigenvalue weighted by atomic mass is 10.1. The fraction of sp³-hybridized carbons (Fsp3) is 0.0769. The first-order valence-corrected chi connectivity index (χ1v) is 5.34. The number of aromatic amines is 1. The van der Waals surface area contributed by atoms with Gasteiger partial charge in [0.2, 0.25) is 5.91 Å². The molecule has 0 bridgehead atoms. The molecule has 17 heavy (non-hydrogen) atoms. The van der Waals surface area contributed by atoms with Crippen LogP contribution in [-0.2, 0) is 9.59 Å². The van der Waals surface area contributed by atoms with Crippen molar-refractivity contribution in [1.82, 2.24) is 10.3 Å². The predicted molar refractivity (Wildman–Crippen MR) is 64.0 cm³/mol. The second-order valence-electron chi connectivity index (χ2n) is 4.05. The summed E-state index contributed by atoms with van der Waals surface area (Å²) in [5, 5.41) is 3.35. The molecular weight excluding hydrogens is 216 g/mol. The van der Waals surface area contributed by atoms with Gasteiger partial charge in [-0.3, -0.25) is 14.9 Å².